The summed E-state index contributed by atoms with van der Waals surface area (Å²) >= 11 is 1.45. The number of amides is 1. The molecule has 1 amide bonds. The third kappa shape index (κ3) is 3.12. The molecule has 0 aliphatic heterocycles. The van der Waals surface area contributed by atoms with E-state index in [-0.39, 0.29) is 17.6 Å². The lowest BCUT2D eigenvalue weighted by Crippen LogP contribution is -2.27. The third-order valence-corrected chi connectivity index (χ3v) is 6.09. The fourth-order valence-corrected chi connectivity index (χ4v) is 4.61. The number of benzene rings is 2. The first kappa shape index (κ1) is 16.4. The highest BCUT2D eigenvalue weighted by Crippen LogP contribution is 2.34. The van der Waals surface area contributed by atoms with E-state index in [2.05, 4.69) is 29.3 Å². The van der Waals surface area contributed by atoms with Crippen LogP contribution in [0.2, 0.25) is 0 Å². The standard InChI is InChI=1S/C19H20FN3OS/c1-23(2)14-6-3-12(10-14)18(24)22-19-21-16-8-4-11-9-13(20)5-7-15(11)17(16)25-19/h4-5,7-9,12,14H,3,6,10H2,1-2H3,(H,21,22,24)/t12-,14+/m0/s1. The Bertz CT molecular complexity index is 952. The molecule has 1 aromatic heterocycles. The summed E-state index contributed by atoms with van der Waals surface area (Å²) in [6.07, 6.45) is 2.87. The van der Waals surface area contributed by atoms with Gasteiger partial charge < -0.3 is 10.2 Å². The van der Waals surface area contributed by atoms with E-state index in [0.29, 0.717) is 11.2 Å². The van der Waals surface area contributed by atoms with E-state index in [0.717, 1.165) is 40.3 Å². The van der Waals surface area contributed by atoms with Crippen LogP contribution < -0.4 is 5.32 Å². The summed E-state index contributed by atoms with van der Waals surface area (Å²) in [4.78, 5) is 19.3. The largest absolute Gasteiger partial charge is 0.306 e. The lowest BCUT2D eigenvalue weighted by Gasteiger charge is -2.18. The third-order valence-electron chi connectivity index (χ3n) is 5.07. The van der Waals surface area contributed by atoms with Gasteiger partial charge in [-0.3, -0.25) is 4.79 Å². The average molecular weight is 357 g/mol. The molecule has 0 unspecified atom stereocenters. The molecule has 1 aliphatic rings. The second-order valence-corrected chi connectivity index (χ2v) is 7.91. The second-order valence-electron chi connectivity index (χ2n) is 6.91. The van der Waals surface area contributed by atoms with Gasteiger partial charge in [0.2, 0.25) is 5.91 Å². The lowest BCUT2D eigenvalue weighted by molar-refractivity contribution is -0.119. The molecular weight excluding hydrogens is 337 g/mol. The number of carbonyl (C=O) groups is 1. The fourth-order valence-electron chi connectivity index (χ4n) is 3.61. The summed E-state index contributed by atoms with van der Waals surface area (Å²) in [7, 11) is 4.12. The summed E-state index contributed by atoms with van der Waals surface area (Å²) in [5, 5.41) is 5.41. The number of rotatable bonds is 3. The van der Waals surface area contributed by atoms with E-state index in [1.807, 2.05) is 12.1 Å². The van der Waals surface area contributed by atoms with Crippen molar-refractivity contribution in [2.45, 2.75) is 25.3 Å². The van der Waals surface area contributed by atoms with Gasteiger partial charge >= 0.3 is 0 Å². The van der Waals surface area contributed by atoms with Crippen LogP contribution in [0.15, 0.2) is 30.3 Å². The van der Waals surface area contributed by atoms with Crippen LogP contribution in [0.1, 0.15) is 19.3 Å². The molecule has 1 fully saturated rings. The van der Waals surface area contributed by atoms with E-state index in [1.165, 1.54) is 23.5 Å². The van der Waals surface area contributed by atoms with Crippen LogP contribution in [0.3, 0.4) is 0 Å². The highest BCUT2D eigenvalue weighted by atomic mass is 32.1. The van der Waals surface area contributed by atoms with Gasteiger partial charge in [-0.2, -0.15) is 0 Å². The van der Waals surface area contributed by atoms with Crippen LogP contribution in [0.4, 0.5) is 9.52 Å². The zero-order valence-electron chi connectivity index (χ0n) is 14.3. The predicted molar refractivity (Wildman–Crippen MR) is 101 cm³/mol. The maximum absolute atomic E-state index is 13.4. The molecule has 1 heterocycles. The maximum Gasteiger partial charge on any atom is 0.229 e. The molecule has 0 saturated heterocycles. The number of anilines is 1. The summed E-state index contributed by atoms with van der Waals surface area (Å²) in [6.45, 7) is 0. The number of thiazole rings is 1. The number of hydrogen-bond donors (Lipinski definition) is 1. The minimum Gasteiger partial charge on any atom is -0.306 e. The van der Waals surface area contributed by atoms with Gasteiger partial charge in [0.15, 0.2) is 5.13 Å². The average Bonchev–Trinajstić information content (AvgIpc) is 3.21. The summed E-state index contributed by atoms with van der Waals surface area (Å²) in [5.74, 6) is -0.148. The molecule has 1 N–H and O–H groups in total. The van der Waals surface area contributed by atoms with Crippen molar-refractivity contribution >= 4 is 43.4 Å². The lowest BCUT2D eigenvalue weighted by atomic mass is 10.1. The molecule has 3 aromatic rings. The van der Waals surface area contributed by atoms with Crippen molar-refractivity contribution in [3.63, 3.8) is 0 Å². The minimum absolute atomic E-state index is 0.0465. The van der Waals surface area contributed by atoms with Crippen molar-refractivity contribution < 1.29 is 9.18 Å². The molecule has 25 heavy (non-hydrogen) atoms. The van der Waals surface area contributed by atoms with Gasteiger partial charge in [-0.1, -0.05) is 17.4 Å². The van der Waals surface area contributed by atoms with Crippen molar-refractivity contribution in [2.24, 2.45) is 5.92 Å². The van der Waals surface area contributed by atoms with Gasteiger partial charge in [-0.05, 0) is 63.0 Å². The Balaban J connectivity index is 1.58. The Kier molecular flexibility index (Phi) is 4.17. The van der Waals surface area contributed by atoms with Crippen LogP contribution in [0, 0.1) is 11.7 Å². The van der Waals surface area contributed by atoms with Crippen LogP contribution >= 0.6 is 11.3 Å². The molecule has 2 atom stereocenters. The number of hydrogen-bond acceptors (Lipinski definition) is 4. The summed E-state index contributed by atoms with van der Waals surface area (Å²) in [6, 6.07) is 8.97. The second kappa shape index (κ2) is 6.35. The Labute approximate surface area is 149 Å². The van der Waals surface area contributed by atoms with Crippen LogP contribution in [0.5, 0.6) is 0 Å². The zero-order valence-corrected chi connectivity index (χ0v) is 15.1. The fraction of sp³-hybridized carbons (Fsp3) is 0.368. The highest BCUT2D eigenvalue weighted by molar-refractivity contribution is 7.23. The van der Waals surface area contributed by atoms with Crippen molar-refractivity contribution in [1.29, 1.82) is 0 Å². The summed E-state index contributed by atoms with van der Waals surface area (Å²) in [5.41, 5.74) is 0.831. The number of fused-ring (bicyclic) bond motifs is 3. The SMILES string of the molecule is CN(C)[C@@H]1CC[C@H](C(=O)Nc2nc3ccc4cc(F)ccc4c3s2)C1. The van der Waals surface area contributed by atoms with E-state index in [9.17, 15) is 9.18 Å². The molecule has 1 saturated carbocycles. The Morgan fingerprint density at radius 3 is 2.88 bits per heavy atom. The Morgan fingerprint density at radius 1 is 1.28 bits per heavy atom. The molecule has 4 nitrogen and oxygen atoms in total. The number of nitrogens with one attached hydrogen (secondary N) is 1. The van der Waals surface area contributed by atoms with E-state index >= 15 is 0 Å². The predicted octanol–water partition coefficient (Wildman–Crippen LogP) is 4.26. The zero-order chi connectivity index (χ0) is 17.6. The Hall–Kier alpha value is -2.05. The van der Waals surface area contributed by atoms with Crippen molar-refractivity contribution in [1.82, 2.24) is 9.88 Å². The first-order valence-corrected chi connectivity index (χ1v) is 9.29. The van der Waals surface area contributed by atoms with Gasteiger partial charge in [-0.15, -0.1) is 0 Å². The molecule has 4 rings (SSSR count). The molecule has 2 aromatic carbocycles. The first-order valence-electron chi connectivity index (χ1n) is 8.47. The van der Waals surface area contributed by atoms with Crippen molar-refractivity contribution in [3.05, 3.63) is 36.1 Å². The Morgan fingerprint density at radius 2 is 2.12 bits per heavy atom. The van der Waals surface area contributed by atoms with Crippen molar-refractivity contribution in [2.75, 3.05) is 19.4 Å². The van der Waals surface area contributed by atoms with Gasteiger partial charge in [0.25, 0.3) is 0 Å². The first-order chi connectivity index (χ1) is 12.0. The van der Waals surface area contributed by atoms with Crippen LogP contribution in [0.25, 0.3) is 21.0 Å². The molecule has 1 aliphatic carbocycles. The van der Waals surface area contributed by atoms with E-state index in [1.54, 1.807) is 6.07 Å². The van der Waals surface area contributed by atoms with Gasteiger partial charge in [0.05, 0.1) is 10.2 Å². The topological polar surface area (TPSA) is 45.2 Å². The number of halogens is 1. The number of aromatic nitrogens is 1. The van der Waals surface area contributed by atoms with Crippen LogP contribution in [-0.4, -0.2) is 35.9 Å². The minimum atomic E-state index is -0.249. The molecule has 0 radical (unpaired) electrons. The van der Waals surface area contributed by atoms with Gasteiger partial charge in [0, 0.05) is 17.3 Å². The highest BCUT2D eigenvalue weighted by Gasteiger charge is 2.31. The van der Waals surface area contributed by atoms with E-state index < -0.39 is 0 Å². The van der Waals surface area contributed by atoms with Crippen LogP contribution in [-0.2, 0) is 4.79 Å². The van der Waals surface area contributed by atoms with Crippen molar-refractivity contribution in [3.8, 4) is 0 Å². The monoisotopic (exact) mass is 357 g/mol. The molecular formula is C19H20FN3OS. The normalized spacial score (nSPS) is 20.6. The molecule has 0 bridgehead atoms. The molecule has 130 valence electrons. The summed E-state index contributed by atoms with van der Waals surface area (Å²) < 4.78 is 14.4. The van der Waals surface area contributed by atoms with Gasteiger partial charge in [0.1, 0.15) is 5.82 Å². The number of nitrogens with zero attached hydrogens (tertiary/aromatic N) is 2. The number of carbonyl (C=O) groups excluding carboxylic acids is 1. The molecule has 0 spiro atoms. The van der Waals surface area contributed by atoms with Gasteiger partial charge in [-0.25, -0.2) is 9.37 Å². The van der Waals surface area contributed by atoms with E-state index in [4.69, 9.17) is 0 Å². The quantitative estimate of drug-likeness (QED) is 0.762. The maximum atomic E-state index is 13.4. The smallest absolute Gasteiger partial charge is 0.229 e. The molecule has 6 heteroatoms.